The first-order chi connectivity index (χ1) is 15.3. The lowest BCUT2D eigenvalue weighted by Crippen LogP contribution is -2.55. The van der Waals surface area contributed by atoms with E-state index in [4.69, 9.17) is 0 Å². The molecule has 2 heterocycles. The van der Waals surface area contributed by atoms with Crippen LogP contribution in [0.25, 0.3) is 0 Å². The van der Waals surface area contributed by atoms with Crippen LogP contribution in [0.15, 0.2) is 54.6 Å². The van der Waals surface area contributed by atoms with Crippen molar-refractivity contribution in [2.24, 2.45) is 0 Å². The molecule has 2 fully saturated rings. The van der Waals surface area contributed by atoms with Gasteiger partial charge in [0.05, 0.1) is 4.87 Å². The van der Waals surface area contributed by atoms with E-state index in [1.807, 2.05) is 59.1 Å². The molecule has 2 aliphatic rings. The number of benzene rings is 2. The highest BCUT2D eigenvalue weighted by Crippen LogP contribution is 2.44. The quantitative estimate of drug-likeness (QED) is 0.724. The van der Waals surface area contributed by atoms with Gasteiger partial charge in [-0.25, -0.2) is 4.79 Å². The number of carbonyl (C=O) groups is 2. The molecule has 2 aliphatic heterocycles. The van der Waals surface area contributed by atoms with Gasteiger partial charge in [0, 0.05) is 37.5 Å². The minimum absolute atomic E-state index is 0.0256. The van der Waals surface area contributed by atoms with Gasteiger partial charge in [-0.05, 0) is 41.5 Å². The molecule has 4 rings (SSSR count). The largest absolute Gasteiger partial charge is 0.334 e. The Kier molecular flexibility index (Phi) is 6.52. The summed E-state index contributed by atoms with van der Waals surface area (Å²) in [5.41, 5.74) is 3.15. The summed E-state index contributed by atoms with van der Waals surface area (Å²) in [5, 5.41) is 3.02. The fourth-order valence-electron chi connectivity index (χ4n) is 4.52. The van der Waals surface area contributed by atoms with E-state index in [0.717, 1.165) is 36.3 Å². The molecule has 170 valence electrons. The van der Waals surface area contributed by atoms with Gasteiger partial charge in [0.2, 0.25) is 0 Å². The van der Waals surface area contributed by atoms with Gasteiger partial charge in [0.15, 0.2) is 0 Å². The van der Waals surface area contributed by atoms with E-state index in [-0.39, 0.29) is 22.2 Å². The Bertz CT molecular complexity index is 945. The van der Waals surface area contributed by atoms with Crippen LogP contribution >= 0.6 is 11.8 Å². The molecule has 6 heteroatoms. The normalized spacial score (nSPS) is 18.1. The number of thioether (sulfide) groups is 1. The third kappa shape index (κ3) is 4.80. The number of hydrogen-bond donors (Lipinski definition) is 1. The maximum atomic E-state index is 13.4. The summed E-state index contributed by atoms with van der Waals surface area (Å²) in [4.78, 5) is 29.8. The summed E-state index contributed by atoms with van der Waals surface area (Å²) in [6, 6.07) is 18.0. The van der Waals surface area contributed by atoms with Crippen LogP contribution in [0.2, 0.25) is 0 Å². The molecule has 0 saturated carbocycles. The molecule has 1 N–H and O–H groups in total. The Hall–Kier alpha value is -2.47. The molecular weight excluding hydrogens is 418 g/mol. The zero-order chi connectivity index (χ0) is 22.8. The first-order valence-electron chi connectivity index (χ1n) is 11.4. The van der Waals surface area contributed by atoms with Gasteiger partial charge in [-0.3, -0.25) is 4.79 Å². The molecule has 32 heavy (non-hydrogen) atoms. The van der Waals surface area contributed by atoms with Gasteiger partial charge in [-0.1, -0.05) is 63.2 Å². The average Bonchev–Trinajstić information content (AvgIpc) is 3.20. The van der Waals surface area contributed by atoms with Crippen molar-refractivity contribution in [2.75, 3.05) is 25.4 Å². The summed E-state index contributed by atoms with van der Waals surface area (Å²) in [5.74, 6) is 1.06. The van der Waals surface area contributed by atoms with Gasteiger partial charge < -0.3 is 15.1 Å². The Balaban J connectivity index is 1.37. The first kappa shape index (κ1) is 22.7. The van der Waals surface area contributed by atoms with Crippen molar-refractivity contribution in [2.45, 2.75) is 50.4 Å². The molecule has 2 aromatic rings. The second-order valence-electron chi connectivity index (χ2n) is 9.71. The third-order valence-corrected chi connectivity index (χ3v) is 8.09. The summed E-state index contributed by atoms with van der Waals surface area (Å²) in [6.45, 7) is 9.18. The monoisotopic (exact) mass is 451 g/mol. The first-order valence-corrected chi connectivity index (χ1v) is 12.4. The van der Waals surface area contributed by atoms with E-state index in [1.165, 1.54) is 5.56 Å². The zero-order valence-electron chi connectivity index (χ0n) is 19.3. The van der Waals surface area contributed by atoms with Crippen LogP contribution in [0.4, 0.5) is 4.79 Å². The topological polar surface area (TPSA) is 52.7 Å². The number of rotatable bonds is 3. The predicted octanol–water partition coefficient (Wildman–Crippen LogP) is 4.88. The van der Waals surface area contributed by atoms with Crippen molar-refractivity contribution >= 4 is 23.7 Å². The van der Waals surface area contributed by atoms with Gasteiger partial charge in [0.25, 0.3) is 5.91 Å². The van der Waals surface area contributed by atoms with Crippen LogP contribution in [-0.4, -0.2) is 52.0 Å². The molecule has 3 amide bonds. The fourth-order valence-corrected chi connectivity index (χ4v) is 5.98. The molecule has 0 aliphatic carbocycles. The maximum Gasteiger partial charge on any atom is 0.317 e. The Morgan fingerprint density at radius 1 is 0.969 bits per heavy atom. The Morgan fingerprint density at radius 3 is 2.25 bits per heavy atom. The molecular formula is C26H33N3O2S. The van der Waals surface area contributed by atoms with E-state index in [2.05, 4.69) is 43.1 Å². The minimum atomic E-state index is -0.198. The van der Waals surface area contributed by atoms with Crippen molar-refractivity contribution < 1.29 is 9.59 Å². The highest BCUT2D eigenvalue weighted by atomic mass is 32.2. The van der Waals surface area contributed by atoms with Crippen LogP contribution in [0.3, 0.4) is 0 Å². The molecule has 2 aromatic carbocycles. The predicted molar refractivity (Wildman–Crippen MR) is 131 cm³/mol. The maximum absolute atomic E-state index is 13.4. The van der Waals surface area contributed by atoms with Crippen molar-refractivity contribution in [1.82, 2.24) is 15.1 Å². The molecule has 0 atom stereocenters. The van der Waals surface area contributed by atoms with E-state index >= 15 is 0 Å². The van der Waals surface area contributed by atoms with Crippen molar-refractivity contribution in [3.63, 3.8) is 0 Å². The number of piperidine rings is 1. The SMILES string of the molecule is CC(C)(C)c1ccc(C(=O)N2CCSC23CCN(C(=O)NCc2ccccc2)CC3)cc1. The Morgan fingerprint density at radius 2 is 1.62 bits per heavy atom. The van der Waals surface area contributed by atoms with Crippen LogP contribution in [0.1, 0.15) is 55.1 Å². The van der Waals surface area contributed by atoms with E-state index in [1.54, 1.807) is 0 Å². The Labute approximate surface area is 195 Å². The third-order valence-electron chi connectivity index (χ3n) is 6.54. The number of nitrogens with one attached hydrogen (secondary N) is 1. The summed E-state index contributed by atoms with van der Waals surface area (Å²) >= 11 is 1.87. The summed E-state index contributed by atoms with van der Waals surface area (Å²) in [6.07, 6.45) is 1.62. The van der Waals surface area contributed by atoms with E-state index in [9.17, 15) is 9.59 Å². The highest BCUT2D eigenvalue weighted by molar-refractivity contribution is 8.00. The molecule has 1 spiro atoms. The standard InChI is InChI=1S/C26H33N3O2S/c1-25(2,3)22-11-9-21(10-12-22)23(30)29-17-18-32-26(29)13-15-28(16-14-26)24(31)27-19-20-7-5-4-6-8-20/h4-12H,13-19H2,1-3H3,(H,27,31). The molecule has 0 unspecified atom stereocenters. The average molecular weight is 452 g/mol. The lowest BCUT2D eigenvalue weighted by Gasteiger charge is -2.44. The van der Waals surface area contributed by atoms with Crippen LogP contribution in [0, 0.1) is 0 Å². The number of carbonyl (C=O) groups excluding carboxylic acids is 2. The zero-order valence-corrected chi connectivity index (χ0v) is 20.1. The lowest BCUT2D eigenvalue weighted by atomic mass is 9.86. The van der Waals surface area contributed by atoms with E-state index < -0.39 is 0 Å². The fraction of sp³-hybridized carbons (Fsp3) is 0.462. The van der Waals surface area contributed by atoms with Gasteiger partial charge >= 0.3 is 6.03 Å². The smallest absolute Gasteiger partial charge is 0.317 e. The molecule has 0 bridgehead atoms. The number of urea groups is 1. The van der Waals surface area contributed by atoms with Crippen LogP contribution in [-0.2, 0) is 12.0 Å². The van der Waals surface area contributed by atoms with Crippen molar-refractivity contribution in [3.8, 4) is 0 Å². The second-order valence-corrected chi connectivity index (χ2v) is 11.2. The van der Waals surface area contributed by atoms with Gasteiger partial charge in [-0.2, -0.15) is 0 Å². The molecule has 2 saturated heterocycles. The number of nitrogens with zero attached hydrogens (tertiary/aromatic N) is 2. The minimum Gasteiger partial charge on any atom is -0.334 e. The van der Waals surface area contributed by atoms with Crippen LogP contribution in [0.5, 0.6) is 0 Å². The molecule has 5 nitrogen and oxygen atoms in total. The number of likely N-dealkylation sites (tertiary alicyclic amines) is 1. The summed E-state index contributed by atoms with van der Waals surface area (Å²) in [7, 11) is 0. The van der Waals surface area contributed by atoms with Crippen LogP contribution < -0.4 is 5.32 Å². The highest BCUT2D eigenvalue weighted by Gasteiger charge is 2.47. The number of hydrogen-bond acceptors (Lipinski definition) is 3. The summed E-state index contributed by atoms with van der Waals surface area (Å²) < 4.78 is 0. The lowest BCUT2D eigenvalue weighted by molar-refractivity contribution is 0.0580. The second kappa shape index (κ2) is 9.18. The van der Waals surface area contributed by atoms with Gasteiger partial charge in [0.1, 0.15) is 0 Å². The number of amides is 3. The van der Waals surface area contributed by atoms with Crippen molar-refractivity contribution in [1.29, 1.82) is 0 Å². The molecule has 0 aromatic heterocycles. The van der Waals surface area contributed by atoms with Gasteiger partial charge in [-0.15, -0.1) is 11.8 Å². The van der Waals surface area contributed by atoms with Crippen molar-refractivity contribution in [3.05, 3.63) is 71.3 Å². The van der Waals surface area contributed by atoms with E-state index in [0.29, 0.717) is 19.6 Å². The molecule has 0 radical (unpaired) electrons.